The van der Waals surface area contributed by atoms with Crippen molar-refractivity contribution in [3.05, 3.63) is 34.9 Å². The zero-order valence-electron chi connectivity index (χ0n) is 13.4. The molecule has 3 heteroatoms. The molecule has 21 heavy (non-hydrogen) atoms. The highest BCUT2D eigenvalue weighted by molar-refractivity contribution is 6.30. The molecule has 2 nitrogen and oxygen atoms in total. The zero-order chi connectivity index (χ0) is 15.1. The van der Waals surface area contributed by atoms with Crippen molar-refractivity contribution in [2.24, 2.45) is 5.92 Å². The summed E-state index contributed by atoms with van der Waals surface area (Å²) in [6, 6.07) is 8.64. The van der Waals surface area contributed by atoms with E-state index in [1.54, 1.807) is 0 Å². The summed E-state index contributed by atoms with van der Waals surface area (Å²) in [7, 11) is 0. The second-order valence-electron chi connectivity index (χ2n) is 6.35. The van der Waals surface area contributed by atoms with Gasteiger partial charge in [-0.2, -0.15) is 0 Å². The van der Waals surface area contributed by atoms with Crippen LogP contribution in [0.1, 0.15) is 51.1 Å². The van der Waals surface area contributed by atoms with E-state index < -0.39 is 0 Å². The number of nitrogens with one attached hydrogen (secondary N) is 1. The van der Waals surface area contributed by atoms with Crippen LogP contribution in [0.15, 0.2) is 24.3 Å². The maximum absolute atomic E-state index is 6.09. The molecule has 1 aliphatic heterocycles. The minimum Gasteiger partial charge on any atom is -0.310 e. The molecular weight excluding hydrogens is 280 g/mol. The van der Waals surface area contributed by atoms with E-state index in [0.29, 0.717) is 6.04 Å². The SMILES string of the molecule is CCC(NCCCN1CCC(C)CC1)c1cccc(Cl)c1. The molecule has 1 unspecified atom stereocenters. The van der Waals surface area contributed by atoms with Crippen LogP contribution in [0.3, 0.4) is 0 Å². The van der Waals surface area contributed by atoms with Crippen LogP contribution >= 0.6 is 11.6 Å². The Morgan fingerprint density at radius 1 is 1.33 bits per heavy atom. The molecule has 0 radical (unpaired) electrons. The first kappa shape index (κ1) is 16.8. The molecule has 1 fully saturated rings. The molecule has 1 atom stereocenters. The maximum Gasteiger partial charge on any atom is 0.0409 e. The minimum atomic E-state index is 0.421. The molecule has 1 saturated heterocycles. The smallest absolute Gasteiger partial charge is 0.0409 e. The number of likely N-dealkylation sites (tertiary alicyclic amines) is 1. The Balaban J connectivity index is 1.69. The highest BCUT2D eigenvalue weighted by Gasteiger charge is 2.15. The predicted octanol–water partition coefficient (Wildman–Crippen LogP) is 4.50. The lowest BCUT2D eigenvalue weighted by Crippen LogP contribution is -2.35. The number of rotatable bonds is 7. The van der Waals surface area contributed by atoms with Crippen molar-refractivity contribution in [1.82, 2.24) is 10.2 Å². The molecule has 1 aliphatic rings. The van der Waals surface area contributed by atoms with Crippen molar-refractivity contribution < 1.29 is 0 Å². The van der Waals surface area contributed by atoms with Gasteiger partial charge in [0, 0.05) is 11.1 Å². The van der Waals surface area contributed by atoms with E-state index in [2.05, 4.69) is 36.2 Å². The second-order valence-corrected chi connectivity index (χ2v) is 6.78. The summed E-state index contributed by atoms with van der Waals surface area (Å²) < 4.78 is 0. The van der Waals surface area contributed by atoms with Crippen molar-refractivity contribution >= 4 is 11.6 Å². The third-order valence-corrected chi connectivity index (χ3v) is 4.81. The van der Waals surface area contributed by atoms with Gasteiger partial charge in [-0.05, 0) is 75.5 Å². The summed E-state index contributed by atoms with van der Waals surface area (Å²) >= 11 is 6.09. The van der Waals surface area contributed by atoms with Gasteiger partial charge in [0.1, 0.15) is 0 Å². The lowest BCUT2D eigenvalue weighted by Gasteiger charge is -2.30. The molecule has 2 rings (SSSR count). The van der Waals surface area contributed by atoms with E-state index in [9.17, 15) is 0 Å². The van der Waals surface area contributed by atoms with Gasteiger partial charge in [0.05, 0.1) is 0 Å². The van der Waals surface area contributed by atoms with Gasteiger partial charge < -0.3 is 10.2 Å². The van der Waals surface area contributed by atoms with Gasteiger partial charge in [-0.1, -0.05) is 37.6 Å². The van der Waals surface area contributed by atoms with Crippen molar-refractivity contribution in [3.8, 4) is 0 Å². The quantitative estimate of drug-likeness (QED) is 0.746. The average molecular weight is 309 g/mol. The third kappa shape index (κ3) is 5.61. The number of hydrogen-bond acceptors (Lipinski definition) is 2. The molecule has 1 N–H and O–H groups in total. The lowest BCUT2D eigenvalue weighted by atomic mass is 9.99. The van der Waals surface area contributed by atoms with Gasteiger partial charge >= 0.3 is 0 Å². The van der Waals surface area contributed by atoms with Crippen molar-refractivity contribution in [3.63, 3.8) is 0 Å². The van der Waals surface area contributed by atoms with Gasteiger partial charge in [-0.15, -0.1) is 0 Å². The number of benzene rings is 1. The van der Waals surface area contributed by atoms with E-state index in [-0.39, 0.29) is 0 Å². The molecule has 0 saturated carbocycles. The van der Waals surface area contributed by atoms with E-state index in [0.717, 1.165) is 23.9 Å². The Hall–Kier alpha value is -0.570. The van der Waals surface area contributed by atoms with Crippen LogP contribution in [-0.2, 0) is 0 Å². The van der Waals surface area contributed by atoms with Gasteiger partial charge in [0.2, 0.25) is 0 Å². The van der Waals surface area contributed by atoms with E-state index in [1.165, 1.54) is 44.5 Å². The fourth-order valence-corrected chi connectivity index (χ4v) is 3.28. The Morgan fingerprint density at radius 2 is 2.10 bits per heavy atom. The normalized spacial score (nSPS) is 18.8. The highest BCUT2D eigenvalue weighted by atomic mass is 35.5. The monoisotopic (exact) mass is 308 g/mol. The standard InChI is InChI=1S/C18H29ClN2/c1-3-18(16-6-4-7-17(19)14-16)20-10-5-11-21-12-8-15(2)9-13-21/h4,6-7,14-15,18,20H,3,5,8-13H2,1-2H3. The molecule has 0 aliphatic carbocycles. The first-order valence-corrected chi connectivity index (χ1v) is 8.78. The molecule has 1 aromatic carbocycles. The minimum absolute atomic E-state index is 0.421. The Morgan fingerprint density at radius 3 is 2.76 bits per heavy atom. The van der Waals surface area contributed by atoms with Gasteiger partial charge in [-0.25, -0.2) is 0 Å². The van der Waals surface area contributed by atoms with Gasteiger partial charge in [0.15, 0.2) is 0 Å². The van der Waals surface area contributed by atoms with Gasteiger partial charge in [0.25, 0.3) is 0 Å². The molecule has 0 spiro atoms. The van der Waals surface area contributed by atoms with Crippen LogP contribution in [0.25, 0.3) is 0 Å². The molecule has 1 aromatic rings. The lowest BCUT2D eigenvalue weighted by molar-refractivity contribution is 0.189. The third-order valence-electron chi connectivity index (χ3n) is 4.58. The summed E-state index contributed by atoms with van der Waals surface area (Å²) in [6.07, 6.45) is 5.06. The first-order chi connectivity index (χ1) is 10.2. The van der Waals surface area contributed by atoms with Crippen LogP contribution in [0.2, 0.25) is 5.02 Å². The molecule has 0 bridgehead atoms. The topological polar surface area (TPSA) is 15.3 Å². The molecule has 1 heterocycles. The second kappa shape index (κ2) is 8.77. The molecule has 0 amide bonds. The highest BCUT2D eigenvalue weighted by Crippen LogP contribution is 2.20. The zero-order valence-corrected chi connectivity index (χ0v) is 14.2. The van der Waals surface area contributed by atoms with E-state index in [4.69, 9.17) is 11.6 Å². The summed E-state index contributed by atoms with van der Waals surface area (Å²) in [5.41, 5.74) is 1.30. The fourth-order valence-electron chi connectivity index (χ4n) is 3.09. The fraction of sp³-hybridized carbons (Fsp3) is 0.667. The first-order valence-electron chi connectivity index (χ1n) is 8.40. The van der Waals surface area contributed by atoms with Crippen molar-refractivity contribution in [1.29, 1.82) is 0 Å². The largest absolute Gasteiger partial charge is 0.310 e. The van der Waals surface area contributed by atoms with Crippen LogP contribution in [-0.4, -0.2) is 31.1 Å². The van der Waals surface area contributed by atoms with Crippen molar-refractivity contribution in [2.75, 3.05) is 26.2 Å². The Labute approximate surface area is 134 Å². The number of piperidine rings is 1. The van der Waals surface area contributed by atoms with E-state index in [1.807, 2.05) is 12.1 Å². The Kier molecular flexibility index (Phi) is 7.01. The molecule has 0 aromatic heterocycles. The number of hydrogen-bond donors (Lipinski definition) is 1. The Bertz CT molecular complexity index is 413. The van der Waals surface area contributed by atoms with Crippen LogP contribution < -0.4 is 5.32 Å². The maximum atomic E-state index is 6.09. The van der Waals surface area contributed by atoms with Crippen LogP contribution in [0.5, 0.6) is 0 Å². The van der Waals surface area contributed by atoms with Crippen LogP contribution in [0, 0.1) is 5.92 Å². The van der Waals surface area contributed by atoms with Crippen molar-refractivity contribution in [2.45, 2.75) is 45.6 Å². The van der Waals surface area contributed by atoms with E-state index >= 15 is 0 Å². The molecule has 118 valence electrons. The number of halogens is 1. The molecular formula is C18H29ClN2. The summed E-state index contributed by atoms with van der Waals surface area (Å²) in [5.74, 6) is 0.923. The van der Waals surface area contributed by atoms with Crippen LogP contribution in [0.4, 0.5) is 0 Å². The average Bonchev–Trinajstić information content (AvgIpc) is 2.49. The van der Waals surface area contributed by atoms with Gasteiger partial charge in [-0.3, -0.25) is 0 Å². The summed E-state index contributed by atoms with van der Waals surface area (Å²) in [4.78, 5) is 2.61. The predicted molar refractivity (Wildman–Crippen MR) is 91.9 cm³/mol. The summed E-state index contributed by atoms with van der Waals surface area (Å²) in [6.45, 7) is 9.47. The summed E-state index contributed by atoms with van der Waals surface area (Å²) in [5, 5.41) is 4.50. The number of nitrogens with zero attached hydrogens (tertiary/aromatic N) is 1.